The fraction of sp³-hybridized carbons (Fsp3) is 0.200. The molecule has 1 N–H and O–H groups in total. The summed E-state index contributed by atoms with van der Waals surface area (Å²) < 4.78 is 14.2. The molecule has 0 saturated carbocycles. The summed E-state index contributed by atoms with van der Waals surface area (Å²) in [6, 6.07) is 3.60. The van der Waals surface area contributed by atoms with E-state index >= 15 is 0 Å². The van der Waals surface area contributed by atoms with Gasteiger partial charge in [-0.25, -0.2) is 4.39 Å². The highest BCUT2D eigenvalue weighted by molar-refractivity contribution is 9.08. The molecule has 0 saturated heterocycles. The van der Waals surface area contributed by atoms with Crippen LogP contribution in [0.4, 0.5) is 4.39 Å². The van der Waals surface area contributed by atoms with Crippen LogP contribution in [-0.2, 0) is 11.9 Å². The number of rotatable bonds is 2. The molecule has 4 heteroatoms. The molecule has 1 nitrogen and oxygen atoms in total. The Labute approximate surface area is 93.3 Å². The second-order valence-corrected chi connectivity index (χ2v) is 4.45. The second-order valence-electron chi connectivity index (χ2n) is 3.01. The lowest BCUT2D eigenvalue weighted by molar-refractivity contribution is 0.282. The van der Waals surface area contributed by atoms with E-state index in [9.17, 15) is 4.39 Å². The zero-order valence-electron chi connectivity index (χ0n) is 7.26. The number of halogens is 2. The molecular weight excluding hydrogens is 267 g/mol. The predicted molar refractivity (Wildman–Crippen MR) is 60.3 cm³/mol. The van der Waals surface area contributed by atoms with Crippen molar-refractivity contribution in [3.8, 4) is 0 Å². The summed E-state index contributed by atoms with van der Waals surface area (Å²) in [7, 11) is 0. The number of fused-ring (bicyclic) bond motifs is 1. The molecule has 0 fully saturated rings. The third kappa shape index (κ3) is 1.58. The lowest BCUT2D eigenvalue weighted by Gasteiger charge is -2.02. The van der Waals surface area contributed by atoms with Crippen molar-refractivity contribution in [1.82, 2.24) is 0 Å². The largest absolute Gasteiger partial charge is 0.392 e. The van der Waals surface area contributed by atoms with E-state index in [1.54, 1.807) is 6.07 Å². The summed E-state index contributed by atoms with van der Waals surface area (Å²) in [6.07, 6.45) is 0. The van der Waals surface area contributed by atoms with Crippen molar-refractivity contribution in [2.75, 3.05) is 0 Å². The van der Waals surface area contributed by atoms with Gasteiger partial charge in [0.15, 0.2) is 0 Å². The molecule has 1 aromatic carbocycles. The van der Waals surface area contributed by atoms with Gasteiger partial charge in [0.05, 0.1) is 6.61 Å². The fourth-order valence-corrected chi connectivity index (χ4v) is 2.98. The van der Waals surface area contributed by atoms with Gasteiger partial charge in [0.25, 0.3) is 0 Å². The molecule has 1 aromatic heterocycles. The number of alkyl halides is 1. The number of hydrogen-bond donors (Lipinski definition) is 1. The van der Waals surface area contributed by atoms with Gasteiger partial charge in [-0.3, -0.25) is 0 Å². The van der Waals surface area contributed by atoms with Crippen molar-refractivity contribution in [3.63, 3.8) is 0 Å². The summed E-state index contributed by atoms with van der Waals surface area (Å²) in [6.45, 7) is -0.0504. The van der Waals surface area contributed by atoms with Crippen LogP contribution >= 0.6 is 27.3 Å². The average molecular weight is 275 g/mol. The monoisotopic (exact) mass is 274 g/mol. The molecule has 0 bridgehead atoms. The van der Waals surface area contributed by atoms with E-state index in [-0.39, 0.29) is 12.4 Å². The number of aliphatic hydroxyl groups excluding tert-OH is 1. The number of benzene rings is 1. The fourth-order valence-electron chi connectivity index (χ4n) is 1.44. The minimum Gasteiger partial charge on any atom is -0.392 e. The maximum absolute atomic E-state index is 13.3. The Morgan fingerprint density at radius 3 is 2.86 bits per heavy atom. The summed E-state index contributed by atoms with van der Waals surface area (Å²) >= 11 is 4.75. The SMILES string of the molecule is OCc1cc(CBr)c2scc(F)c2c1. The normalized spacial score (nSPS) is 11.1. The minimum absolute atomic E-state index is 0.0504. The van der Waals surface area contributed by atoms with Crippen LogP contribution in [0.3, 0.4) is 0 Å². The van der Waals surface area contributed by atoms with E-state index in [0.717, 1.165) is 15.8 Å². The van der Waals surface area contributed by atoms with Gasteiger partial charge in [-0.15, -0.1) is 11.3 Å². The summed E-state index contributed by atoms with van der Waals surface area (Å²) in [4.78, 5) is 0. The van der Waals surface area contributed by atoms with Crippen LogP contribution < -0.4 is 0 Å². The Kier molecular flexibility index (Phi) is 2.85. The molecule has 0 aliphatic carbocycles. The van der Waals surface area contributed by atoms with Crippen LogP contribution in [-0.4, -0.2) is 5.11 Å². The first-order valence-corrected chi connectivity index (χ1v) is 6.11. The van der Waals surface area contributed by atoms with Crippen molar-refractivity contribution in [1.29, 1.82) is 0 Å². The van der Waals surface area contributed by atoms with E-state index in [2.05, 4.69) is 15.9 Å². The van der Waals surface area contributed by atoms with Crippen LogP contribution in [0.2, 0.25) is 0 Å². The zero-order valence-corrected chi connectivity index (χ0v) is 9.66. The molecule has 0 aliphatic heterocycles. The molecule has 0 amide bonds. The standard InChI is InChI=1S/C10H8BrFOS/c11-3-7-1-6(4-13)2-8-9(12)5-14-10(7)8/h1-2,5,13H,3-4H2. The van der Waals surface area contributed by atoms with Gasteiger partial charge in [-0.2, -0.15) is 0 Å². The third-order valence-corrected chi connectivity index (χ3v) is 3.74. The molecule has 0 spiro atoms. The van der Waals surface area contributed by atoms with Crippen molar-refractivity contribution >= 4 is 37.4 Å². The van der Waals surface area contributed by atoms with Crippen molar-refractivity contribution in [2.45, 2.75) is 11.9 Å². The van der Waals surface area contributed by atoms with Crippen LogP contribution in [0.1, 0.15) is 11.1 Å². The van der Waals surface area contributed by atoms with Crippen molar-refractivity contribution in [3.05, 3.63) is 34.5 Å². The highest BCUT2D eigenvalue weighted by Crippen LogP contribution is 2.30. The average Bonchev–Trinajstić information content (AvgIpc) is 2.59. The first kappa shape index (κ1) is 10.1. The quantitative estimate of drug-likeness (QED) is 0.832. The Bertz CT molecular complexity index is 466. The molecule has 0 unspecified atom stereocenters. The molecule has 2 aromatic rings. The van der Waals surface area contributed by atoms with Crippen molar-refractivity contribution in [2.24, 2.45) is 0 Å². The van der Waals surface area contributed by atoms with Gasteiger partial charge in [0.1, 0.15) is 5.82 Å². The van der Waals surface area contributed by atoms with Gasteiger partial charge >= 0.3 is 0 Å². The van der Waals surface area contributed by atoms with E-state index in [4.69, 9.17) is 5.11 Å². The van der Waals surface area contributed by atoms with Gasteiger partial charge in [0, 0.05) is 20.8 Å². The smallest absolute Gasteiger partial charge is 0.141 e. The molecule has 14 heavy (non-hydrogen) atoms. The highest BCUT2D eigenvalue weighted by Gasteiger charge is 2.08. The van der Waals surface area contributed by atoms with Gasteiger partial charge in [-0.05, 0) is 17.2 Å². The van der Waals surface area contributed by atoms with Gasteiger partial charge in [0.2, 0.25) is 0 Å². The van der Waals surface area contributed by atoms with Gasteiger partial charge < -0.3 is 5.11 Å². The third-order valence-electron chi connectivity index (χ3n) is 2.09. The Balaban J connectivity index is 2.76. The predicted octanol–water partition coefficient (Wildman–Crippen LogP) is 3.43. The lowest BCUT2D eigenvalue weighted by Crippen LogP contribution is -1.87. The molecule has 0 atom stereocenters. The number of hydrogen-bond acceptors (Lipinski definition) is 2. The van der Waals surface area contributed by atoms with E-state index in [1.807, 2.05) is 6.07 Å². The zero-order chi connectivity index (χ0) is 10.1. The molecule has 2 rings (SSSR count). The summed E-state index contributed by atoms with van der Waals surface area (Å²) in [5.41, 5.74) is 1.78. The van der Waals surface area contributed by atoms with Crippen LogP contribution in [0, 0.1) is 5.82 Å². The minimum atomic E-state index is -0.206. The number of aliphatic hydroxyl groups is 1. The molecule has 0 radical (unpaired) electrons. The first-order valence-electron chi connectivity index (χ1n) is 4.11. The highest BCUT2D eigenvalue weighted by atomic mass is 79.9. The first-order chi connectivity index (χ1) is 6.76. The maximum Gasteiger partial charge on any atom is 0.141 e. The van der Waals surface area contributed by atoms with Crippen LogP contribution in [0.5, 0.6) is 0 Å². The maximum atomic E-state index is 13.3. The molecular formula is C10H8BrFOS. The molecule has 1 heterocycles. The van der Waals surface area contributed by atoms with Crippen molar-refractivity contribution < 1.29 is 9.50 Å². The summed E-state index contributed by atoms with van der Waals surface area (Å²) in [5.74, 6) is -0.206. The van der Waals surface area contributed by atoms with E-state index < -0.39 is 0 Å². The van der Waals surface area contributed by atoms with E-state index in [0.29, 0.717) is 10.7 Å². The molecule has 0 aliphatic rings. The second kappa shape index (κ2) is 3.96. The van der Waals surface area contributed by atoms with E-state index in [1.165, 1.54) is 16.7 Å². The topological polar surface area (TPSA) is 20.2 Å². The Hall–Kier alpha value is -0.450. The van der Waals surface area contributed by atoms with Crippen LogP contribution in [0.25, 0.3) is 10.1 Å². The number of thiophene rings is 1. The van der Waals surface area contributed by atoms with Crippen LogP contribution in [0.15, 0.2) is 17.5 Å². The summed E-state index contributed by atoms with van der Waals surface area (Å²) in [5, 5.41) is 11.8. The Morgan fingerprint density at radius 1 is 1.43 bits per heavy atom. The Morgan fingerprint density at radius 2 is 2.21 bits per heavy atom. The van der Waals surface area contributed by atoms with Gasteiger partial charge in [-0.1, -0.05) is 22.0 Å². The lowest BCUT2D eigenvalue weighted by atomic mass is 10.1. The molecule has 74 valence electrons.